The number of aromatic nitrogens is 2. The molecule has 1 aromatic heterocycles. The van der Waals surface area contributed by atoms with Gasteiger partial charge >= 0.3 is 0 Å². The zero-order valence-electron chi connectivity index (χ0n) is 17.3. The molecule has 2 heterocycles. The molecule has 154 valence electrons. The summed E-state index contributed by atoms with van der Waals surface area (Å²) >= 11 is 0. The van der Waals surface area contributed by atoms with Gasteiger partial charge in [0.1, 0.15) is 11.5 Å². The summed E-state index contributed by atoms with van der Waals surface area (Å²) in [7, 11) is 0. The van der Waals surface area contributed by atoms with Gasteiger partial charge in [-0.05, 0) is 66.9 Å². The fourth-order valence-corrected chi connectivity index (χ4v) is 4.01. The van der Waals surface area contributed by atoms with E-state index in [1.807, 2.05) is 48.2 Å². The number of fused-ring (bicyclic) bond motifs is 1. The lowest BCUT2D eigenvalue weighted by molar-refractivity contribution is 0.0725. The summed E-state index contributed by atoms with van der Waals surface area (Å²) in [6.07, 6.45) is 0.839. The van der Waals surface area contributed by atoms with Gasteiger partial charge in [-0.1, -0.05) is 42.0 Å². The van der Waals surface area contributed by atoms with Crippen molar-refractivity contribution in [2.75, 3.05) is 6.54 Å². The fourth-order valence-electron chi connectivity index (χ4n) is 4.01. The third-order valence-electron chi connectivity index (χ3n) is 5.76. The molecular formula is C26H22FN3O. The molecule has 0 spiro atoms. The fraction of sp³-hybridized carbons (Fsp3) is 0.154. The Kier molecular flexibility index (Phi) is 4.86. The van der Waals surface area contributed by atoms with Gasteiger partial charge in [0, 0.05) is 18.7 Å². The van der Waals surface area contributed by atoms with E-state index >= 15 is 0 Å². The summed E-state index contributed by atoms with van der Waals surface area (Å²) in [6.45, 7) is 3.27. The van der Waals surface area contributed by atoms with E-state index in [2.05, 4.69) is 12.1 Å². The maximum Gasteiger partial charge on any atom is 0.272 e. The normalized spacial score (nSPS) is 13.2. The first-order valence-corrected chi connectivity index (χ1v) is 10.4. The van der Waals surface area contributed by atoms with Gasteiger partial charge in [-0.2, -0.15) is 5.10 Å². The predicted molar refractivity (Wildman–Crippen MR) is 119 cm³/mol. The van der Waals surface area contributed by atoms with E-state index in [9.17, 15) is 9.18 Å². The second-order valence-corrected chi connectivity index (χ2v) is 7.91. The number of benzene rings is 3. The average Bonchev–Trinajstić information content (AvgIpc) is 3.24. The van der Waals surface area contributed by atoms with E-state index in [1.54, 1.807) is 22.9 Å². The lowest BCUT2D eigenvalue weighted by Crippen LogP contribution is -2.37. The summed E-state index contributed by atoms with van der Waals surface area (Å²) in [6, 6.07) is 24.1. The molecular weight excluding hydrogens is 389 g/mol. The van der Waals surface area contributed by atoms with E-state index in [-0.39, 0.29) is 11.7 Å². The third-order valence-corrected chi connectivity index (χ3v) is 5.76. The lowest BCUT2D eigenvalue weighted by atomic mass is 9.99. The van der Waals surface area contributed by atoms with Crippen LogP contribution in [0.15, 0.2) is 78.9 Å². The van der Waals surface area contributed by atoms with Crippen LogP contribution in [-0.4, -0.2) is 27.1 Å². The van der Waals surface area contributed by atoms with E-state index in [4.69, 9.17) is 5.10 Å². The Morgan fingerprint density at radius 2 is 1.65 bits per heavy atom. The van der Waals surface area contributed by atoms with E-state index in [1.165, 1.54) is 23.3 Å². The van der Waals surface area contributed by atoms with Crippen molar-refractivity contribution in [3.05, 3.63) is 107 Å². The largest absolute Gasteiger partial charge is 0.333 e. The van der Waals surface area contributed by atoms with Crippen molar-refractivity contribution < 1.29 is 9.18 Å². The maximum atomic E-state index is 13.6. The molecule has 0 bridgehead atoms. The van der Waals surface area contributed by atoms with E-state index in [0.717, 1.165) is 23.2 Å². The minimum Gasteiger partial charge on any atom is -0.333 e. The number of aryl methyl sites for hydroxylation is 1. The number of halogens is 1. The standard InChI is InChI=1S/C26H22FN3O/c1-18-6-12-23(13-7-18)30-25(16-24(28-30)20-8-10-22(27)11-9-20)26(31)29-15-14-19-4-2-3-5-21(19)17-29/h2-13,16H,14-15,17H2,1H3. The number of carbonyl (C=O) groups excluding carboxylic acids is 1. The Balaban J connectivity index is 1.55. The molecule has 0 N–H and O–H groups in total. The predicted octanol–water partition coefficient (Wildman–Crippen LogP) is 5.19. The molecule has 0 saturated heterocycles. The number of hydrogen-bond donors (Lipinski definition) is 0. The molecule has 0 radical (unpaired) electrons. The number of hydrogen-bond acceptors (Lipinski definition) is 2. The van der Waals surface area contributed by atoms with Gasteiger partial charge in [0.05, 0.1) is 11.4 Å². The summed E-state index contributed by atoms with van der Waals surface area (Å²) in [4.78, 5) is 15.4. The number of carbonyl (C=O) groups is 1. The number of amides is 1. The van der Waals surface area contributed by atoms with E-state index in [0.29, 0.717) is 24.5 Å². The van der Waals surface area contributed by atoms with Gasteiger partial charge in [0.2, 0.25) is 0 Å². The number of nitrogens with zero attached hydrogens (tertiary/aromatic N) is 3. The highest BCUT2D eigenvalue weighted by molar-refractivity contribution is 5.94. The molecule has 0 fully saturated rings. The molecule has 4 nitrogen and oxygen atoms in total. The van der Waals surface area contributed by atoms with Crippen molar-refractivity contribution in [2.24, 2.45) is 0 Å². The van der Waals surface area contributed by atoms with Gasteiger partial charge in [0.25, 0.3) is 5.91 Å². The lowest BCUT2D eigenvalue weighted by Gasteiger charge is -2.29. The van der Waals surface area contributed by atoms with Crippen molar-refractivity contribution in [3.8, 4) is 16.9 Å². The summed E-state index contributed by atoms with van der Waals surface area (Å²) in [5, 5.41) is 4.72. The van der Waals surface area contributed by atoms with Crippen LogP contribution in [0.4, 0.5) is 4.39 Å². The van der Waals surface area contributed by atoms with Crippen LogP contribution in [0.5, 0.6) is 0 Å². The first-order chi connectivity index (χ1) is 15.1. The molecule has 0 saturated carbocycles. The van der Waals surface area contributed by atoms with Crippen LogP contribution >= 0.6 is 0 Å². The molecule has 31 heavy (non-hydrogen) atoms. The third kappa shape index (κ3) is 3.75. The van der Waals surface area contributed by atoms with Gasteiger partial charge in [-0.15, -0.1) is 0 Å². The van der Waals surface area contributed by atoms with Crippen LogP contribution in [0.1, 0.15) is 27.2 Å². The van der Waals surface area contributed by atoms with Crippen molar-refractivity contribution in [1.29, 1.82) is 0 Å². The second kappa shape index (κ2) is 7.84. The molecule has 1 aliphatic rings. The molecule has 5 heteroatoms. The zero-order valence-corrected chi connectivity index (χ0v) is 17.3. The summed E-state index contributed by atoms with van der Waals surface area (Å²) in [5.74, 6) is -0.360. The molecule has 5 rings (SSSR count). The Morgan fingerprint density at radius 1 is 0.935 bits per heavy atom. The van der Waals surface area contributed by atoms with Gasteiger partial charge in [-0.25, -0.2) is 9.07 Å². The Morgan fingerprint density at radius 3 is 2.39 bits per heavy atom. The van der Waals surface area contributed by atoms with Crippen molar-refractivity contribution in [2.45, 2.75) is 19.9 Å². The average molecular weight is 411 g/mol. The molecule has 0 aliphatic carbocycles. The minimum atomic E-state index is -0.301. The van der Waals surface area contributed by atoms with Gasteiger partial charge in [0.15, 0.2) is 0 Å². The molecule has 1 amide bonds. The Labute approximate surface area is 180 Å². The second-order valence-electron chi connectivity index (χ2n) is 7.91. The SMILES string of the molecule is Cc1ccc(-n2nc(-c3ccc(F)cc3)cc2C(=O)N2CCc3ccccc3C2)cc1. The first kappa shape index (κ1) is 19.2. The van der Waals surface area contributed by atoms with Crippen molar-refractivity contribution in [1.82, 2.24) is 14.7 Å². The molecule has 4 aromatic rings. The van der Waals surface area contributed by atoms with Crippen LogP contribution < -0.4 is 0 Å². The zero-order chi connectivity index (χ0) is 21.4. The van der Waals surface area contributed by atoms with E-state index < -0.39 is 0 Å². The Bertz CT molecular complexity index is 1240. The molecule has 3 aromatic carbocycles. The molecule has 0 atom stereocenters. The first-order valence-electron chi connectivity index (χ1n) is 10.4. The monoisotopic (exact) mass is 411 g/mol. The van der Waals surface area contributed by atoms with Crippen LogP contribution in [0.2, 0.25) is 0 Å². The topological polar surface area (TPSA) is 38.1 Å². The smallest absolute Gasteiger partial charge is 0.272 e. The molecule has 0 unspecified atom stereocenters. The van der Waals surface area contributed by atoms with Crippen molar-refractivity contribution >= 4 is 5.91 Å². The highest BCUT2D eigenvalue weighted by Gasteiger charge is 2.26. The molecule has 1 aliphatic heterocycles. The van der Waals surface area contributed by atoms with Gasteiger partial charge < -0.3 is 4.90 Å². The quantitative estimate of drug-likeness (QED) is 0.466. The van der Waals surface area contributed by atoms with Crippen LogP contribution in [0, 0.1) is 12.7 Å². The number of rotatable bonds is 3. The van der Waals surface area contributed by atoms with Crippen LogP contribution in [-0.2, 0) is 13.0 Å². The highest BCUT2D eigenvalue weighted by atomic mass is 19.1. The maximum absolute atomic E-state index is 13.6. The Hall–Kier alpha value is -3.73. The summed E-state index contributed by atoms with van der Waals surface area (Å²) in [5.41, 5.74) is 6.34. The summed E-state index contributed by atoms with van der Waals surface area (Å²) < 4.78 is 15.1. The minimum absolute atomic E-state index is 0.0593. The highest BCUT2D eigenvalue weighted by Crippen LogP contribution is 2.26. The van der Waals surface area contributed by atoms with Crippen molar-refractivity contribution in [3.63, 3.8) is 0 Å². The van der Waals surface area contributed by atoms with Crippen LogP contribution in [0.3, 0.4) is 0 Å². The van der Waals surface area contributed by atoms with Crippen LogP contribution in [0.25, 0.3) is 16.9 Å². The van der Waals surface area contributed by atoms with Gasteiger partial charge in [-0.3, -0.25) is 4.79 Å².